The first kappa shape index (κ1) is 23.2. The van der Waals surface area contributed by atoms with Gasteiger partial charge in [0.25, 0.3) is 0 Å². The average Bonchev–Trinajstić information content (AvgIpc) is 0. The van der Waals surface area contributed by atoms with Crippen LogP contribution in [0.4, 0.5) is 0 Å². The number of rotatable bonds is 0. The van der Waals surface area contributed by atoms with Crippen LogP contribution >= 0.6 is 0 Å². The molecule has 4 heteroatoms. The molecule has 0 aromatic rings. The molecule has 0 saturated heterocycles. The minimum Gasteiger partial charge on any atom is -2.00 e. The van der Waals surface area contributed by atoms with Crippen molar-refractivity contribution in [2.75, 3.05) is 0 Å². The van der Waals surface area contributed by atoms with Crippen molar-refractivity contribution >= 4 is 0 Å². The van der Waals surface area contributed by atoms with E-state index in [9.17, 15) is 0 Å². The Hall–Kier alpha value is 4.80. The summed E-state index contributed by atoms with van der Waals surface area (Å²) in [6, 6.07) is 0. The molecular formula is AgCs2O+. The van der Waals surface area contributed by atoms with E-state index in [-0.39, 0.29) is 166 Å². The van der Waals surface area contributed by atoms with E-state index in [0.717, 1.165) is 0 Å². The van der Waals surface area contributed by atoms with E-state index < -0.39 is 0 Å². The largest absolute Gasteiger partial charge is 2.00 e. The van der Waals surface area contributed by atoms with E-state index in [1.165, 1.54) is 0 Å². The molecular weight excluding hydrogens is 390 g/mol. The van der Waals surface area contributed by atoms with Crippen molar-refractivity contribution in [3.05, 3.63) is 0 Å². The first-order valence-corrected chi connectivity index (χ1v) is 0. The third-order valence-electron chi connectivity index (χ3n) is 0. The molecule has 18 valence electrons. The first-order chi connectivity index (χ1) is 0. The Morgan fingerprint density at radius 2 is 0.750 bits per heavy atom. The molecule has 0 fully saturated rings. The van der Waals surface area contributed by atoms with Crippen LogP contribution in [0.15, 0.2) is 0 Å². The smallest absolute Gasteiger partial charge is 1.00 e. The van der Waals surface area contributed by atoms with E-state index >= 15 is 0 Å². The molecule has 0 unspecified atom stereocenters. The standard InChI is InChI=1S/Ag.2Cs.O/q3*+1;-2. The van der Waals surface area contributed by atoms with Crippen LogP contribution in [0.1, 0.15) is 0 Å². The summed E-state index contributed by atoms with van der Waals surface area (Å²) in [6.07, 6.45) is 0. The maximum atomic E-state index is 0. The van der Waals surface area contributed by atoms with Crippen LogP contribution in [-0.2, 0) is 27.9 Å². The Kier molecular flexibility index (Phi) is 90.9. The molecule has 0 aliphatic heterocycles. The fraction of sp³-hybridized carbons (Fsp3) is 0. The zero-order chi connectivity index (χ0) is 0. The summed E-state index contributed by atoms with van der Waals surface area (Å²) in [5, 5.41) is 0. The number of hydrogen-bond acceptors (Lipinski definition) is 0. The van der Waals surface area contributed by atoms with Crippen LogP contribution in [0.25, 0.3) is 0 Å². The van der Waals surface area contributed by atoms with Gasteiger partial charge in [-0.3, -0.25) is 0 Å². The molecule has 0 spiro atoms. The van der Waals surface area contributed by atoms with Gasteiger partial charge in [0.1, 0.15) is 0 Å². The quantitative estimate of drug-likeness (QED) is 0.369. The van der Waals surface area contributed by atoms with Gasteiger partial charge in [-0.1, -0.05) is 0 Å². The van der Waals surface area contributed by atoms with Crippen LogP contribution in [-0.4, -0.2) is 0 Å². The van der Waals surface area contributed by atoms with E-state index in [1.807, 2.05) is 0 Å². The Morgan fingerprint density at radius 1 is 0.750 bits per heavy atom. The first-order valence-electron chi connectivity index (χ1n) is 0. The van der Waals surface area contributed by atoms with E-state index in [0.29, 0.717) is 0 Å². The van der Waals surface area contributed by atoms with Gasteiger partial charge in [0.15, 0.2) is 0 Å². The third kappa shape index (κ3) is 9.93. The van der Waals surface area contributed by atoms with Gasteiger partial charge < -0.3 is 5.48 Å². The van der Waals surface area contributed by atoms with Crippen molar-refractivity contribution < 1.29 is 166 Å². The van der Waals surface area contributed by atoms with Gasteiger partial charge in [-0.2, -0.15) is 0 Å². The maximum Gasteiger partial charge on any atom is 1.00 e. The molecule has 0 aliphatic rings. The monoisotopic (exact) mass is 389 g/mol. The molecule has 1 nitrogen and oxygen atoms in total. The molecule has 0 radical (unpaired) electrons. The Morgan fingerprint density at radius 3 is 0.750 bits per heavy atom. The SMILES string of the molecule is [Ag+].[Cs+].[Cs+].[O-2]. The van der Waals surface area contributed by atoms with Gasteiger partial charge in [0.05, 0.1) is 0 Å². The summed E-state index contributed by atoms with van der Waals surface area (Å²) >= 11 is 0. The Labute approximate surface area is 159 Å². The molecule has 0 atom stereocenters. The van der Waals surface area contributed by atoms with Crippen LogP contribution < -0.4 is 138 Å². The van der Waals surface area contributed by atoms with Gasteiger partial charge in [-0.05, 0) is 0 Å². The summed E-state index contributed by atoms with van der Waals surface area (Å²) in [6.45, 7) is 0. The second kappa shape index (κ2) is 15.7. The zero-order valence-corrected chi connectivity index (χ0v) is 16.8. The fourth-order valence-electron chi connectivity index (χ4n) is 0. The van der Waals surface area contributed by atoms with Crippen molar-refractivity contribution in [1.29, 1.82) is 0 Å². The van der Waals surface area contributed by atoms with Crippen molar-refractivity contribution in [2.24, 2.45) is 0 Å². The Balaban J connectivity index is 0. The molecule has 0 amide bonds. The molecule has 0 aliphatic carbocycles. The minimum atomic E-state index is 0. The van der Waals surface area contributed by atoms with E-state index in [4.69, 9.17) is 0 Å². The summed E-state index contributed by atoms with van der Waals surface area (Å²) in [5.74, 6) is 0. The number of hydrogen-bond donors (Lipinski definition) is 0. The molecule has 0 rings (SSSR count). The normalized spacial score (nSPS) is 0. The molecule has 0 N–H and O–H groups in total. The minimum absolute atomic E-state index is 0. The van der Waals surface area contributed by atoms with Crippen molar-refractivity contribution in [2.45, 2.75) is 0 Å². The maximum absolute atomic E-state index is 0. The molecule has 4 heavy (non-hydrogen) atoms. The Bertz CT molecular complexity index is 6.00. The van der Waals surface area contributed by atoms with Crippen LogP contribution in [0.3, 0.4) is 0 Å². The third-order valence-corrected chi connectivity index (χ3v) is 0. The van der Waals surface area contributed by atoms with Gasteiger partial charge in [-0.15, -0.1) is 0 Å². The van der Waals surface area contributed by atoms with Crippen LogP contribution in [0.2, 0.25) is 0 Å². The molecule has 0 bridgehead atoms. The molecule has 0 aromatic carbocycles. The summed E-state index contributed by atoms with van der Waals surface area (Å²) in [5.41, 5.74) is 0. The van der Waals surface area contributed by atoms with Gasteiger partial charge in [0.2, 0.25) is 0 Å². The summed E-state index contributed by atoms with van der Waals surface area (Å²) in [7, 11) is 0. The van der Waals surface area contributed by atoms with Gasteiger partial charge in [0, 0.05) is 0 Å². The second-order valence-corrected chi connectivity index (χ2v) is 0. The van der Waals surface area contributed by atoms with Crippen LogP contribution in [0.5, 0.6) is 0 Å². The van der Waals surface area contributed by atoms with E-state index in [2.05, 4.69) is 0 Å². The second-order valence-electron chi connectivity index (χ2n) is 0. The van der Waals surface area contributed by atoms with Crippen molar-refractivity contribution in [1.82, 2.24) is 0 Å². The van der Waals surface area contributed by atoms with Crippen LogP contribution in [0, 0.1) is 0 Å². The summed E-state index contributed by atoms with van der Waals surface area (Å²) in [4.78, 5) is 0. The molecule has 0 aromatic heterocycles. The van der Waals surface area contributed by atoms with E-state index in [1.54, 1.807) is 0 Å². The topological polar surface area (TPSA) is 28.5 Å². The predicted octanol–water partition coefficient (Wildman–Crippen LogP) is -6.11. The molecule has 0 heterocycles. The van der Waals surface area contributed by atoms with Crippen molar-refractivity contribution in [3.8, 4) is 0 Å². The average molecular weight is 390 g/mol. The van der Waals surface area contributed by atoms with Gasteiger partial charge in [-0.25, -0.2) is 0 Å². The fourth-order valence-corrected chi connectivity index (χ4v) is 0. The molecule has 0 saturated carbocycles. The van der Waals surface area contributed by atoms with Gasteiger partial charge >= 0.3 is 160 Å². The summed E-state index contributed by atoms with van der Waals surface area (Å²) < 4.78 is 0. The van der Waals surface area contributed by atoms with Crippen molar-refractivity contribution in [3.63, 3.8) is 0 Å². The predicted molar refractivity (Wildman–Crippen MR) is 0.686 cm³/mol. The zero-order valence-electron chi connectivity index (χ0n) is 2.71.